The lowest BCUT2D eigenvalue weighted by Crippen LogP contribution is -2.28. The molecule has 1 saturated heterocycles. The van der Waals surface area contributed by atoms with Crippen molar-refractivity contribution in [2.45, 2.75) is 18.6 Å². The van der Waals surface area contributed by atoms with Crippen molar-refractivity contribution in [3.05, 3.63) is 11.9 Å². The molecule has 5 N–H and O–H groups in total. The quantitative estimate of drug-likeness (QED) is 0.519. The number of nitrogens with two attached hydrogens (primary N) is 2. The van der Waals surface area contributed by atoms with Crippen LogP contribution in [0.2, 0.25) is 0 Å². The van der Waals surface area contributed by atoms with Crippen LogP contribution >= 0.6 is 0 Å². The molecule has 1 fully saturated rings. The molecule has 1 aromatic heterocycles. The van der Waals surface area contributed by atoms with Crippen LogP contribution < -0.4 is 16.4 Å². The summed E-state index contributed by atoms with van der Waals surface area (Å²) in [7, 11) is 1.47. The first-order chi connectivity index (χ1) is 11.2. The van der Waals surface area contributed by atoms with Gasteiger partial charge in [0.15, 0.2) is 0 Å². The molecular formula is C12H17F3N6O3. The summed E-state index contributed by atoms with van der Waals surface area (Å²) in [5.74, 6) is -1.62. The highest BCUT2D eigenvalue weighted by molar-refractivity contribution is 5.91. The van der Waals surface area contributed by atoms with Crippen LogP contribution in [0.25, 0.3) is 0 Å². The summed E-state index contributed by atoms with van der Waals surface area (Å²) < 4.78 is 31.7. The molecule has 1 atom stereocenters. The lowest BCUT2D eigenvalue weighted by Gasteiger charge is -2.18. The molecular weight excluding hydrogens is 333 g/mol. The van der Waals surface area contributed by atoms with Crippen molar-refractivity contribution in [3.63, 3.8) is 0 Å². The Morgan fingerprint density at radius 2 is 2.17 bits per heavy atom. The van der Waals surface area contributed by atoms with Crippen LogP contribution in [0, 0.1) is 0 Å². The maximum Gasteiger partial charge on any atom is 0.490 e. The zero-order valence-electron chi connectivity index (χ0n) is 12.7. The standard InChI is InChI=1S/C10H16N6O.C2HF3O2/c1-17-15-4-8-9(12)13-6-14-10(8)16-3-2-7(11)5-16;3-2(4,5)1(6)7/h4,6-7H,2-3,5,11H2,1H3,(H2,12,13,14);(H,6,7). The SMILES string of the molecule is CON=Cc1c(N)ncnc1N1CCC(N)C1.O=C(O)C(F)(F)F. The van der Waals surface area contributed by atoms with Crippen molar-refractivity contribution in [1.82, 2.24) is 9.97 Å². The van der Waals surface area contributed by atoms with Crippen molar-refractivity contribution in [1.29, 1.82) is 0 Å². The Kier molecular flexibility index (Phi) is 6.70. The summed E-state index contributed by atoms with van der Waals surface area (Å²) >= 11 is 0. The number of alkyl halides is 3. The van der Waals surface area contributed by atoms with Crippen molar-refractivity contribution < 1.29 is 27.9 Å². The maximum atomic E-state index is 10.6. The van der Waals surface area contributed by atoms with Crippen LogP contribution in [-0.2, 0) is 9.63 Å². The summed E-state index contributed by atoms with van der Waals surface area (Å²) in [5.41, 5.74) is 12.4. The Labute approximate surface area is 135 Å². The van der Waals surface area contributed by atoms with Gasteiger partial charge in [0.05, 0.1) is 11.8 Å². The monoisotopic (exact) mass is 350 g/mol. The molecule has 9 nitrogen and oxygen atoms in total. The molecule has 0 aromatic carbocycles. The lowest BCUT2D eigenvalue weighted by atomic mass is 10.3. The predicted octanol–water partition coefficient (Wildman–Crippen LogP) is 0.210. The molecule has 1 aliphatic rings. The van der Waals surface area contributed by atoms with Gasteiger partial charge in [0.2, 0.25) is 0 Å². The minimum absolute atomic E-state index is 0.179. The largest absolute Gasteiger partial charge is 0.490 e. The molecule has 0 bridgehead atoms. The van der Waals surface area contributed by atoms with Crippen LogP contribution in [0.3, 0.4) is 0 Å². The number of carbonyl (C=O) groups is 1. The number of nitrogen functional groups attached to an aromatic ring is 1. The number of anilines is 2. The number of carboxylic acid groups (broad SMARTS) is 1. The van der Waals surface area contributed by atoms with Gasteiger partial charge in [-0.15, -0.1) is 0 Å². The van der Waals surface area contributed by atoms with Crippen LogP contribution in [0.4, 0.5) is 24.8 Å². The first-order valence-electron chi connectivity index (χ1n) is 6.64. The lowest BCUT2D eigenvalue weighted by molar-refractivity contribution is -0.192. The number of oxime groups is 1. The van der Waals surface area contributed by atoms with E-state index in [1.165, 1.54) is 19.7 Å². The zero-order valence-corrected chi connectivity index (χ0v) is 12.7. The van der Waals surface area contributed by atoms with Gasteiger partial charge in [-0.05, 0) is 6.42 Å². The Balaban J connectivity index is 0.000000351. The molecule has 0 spiro atoms. The van der Waals surface area contributed by atoms with Crippen LogP contribution in [0.5, 0.6) is 0 Å². The van der Waals surface area contributed by atoms with Crippen molar-refractivity contribution in [3.8, 4) is 0 Å². The minimum Gasteiger partial charge on any atom is -0.475 e. The second kappa shape index (κ2) is 8.29. The second-order valence-electron chi connectivity index (χ2n) is 4.71. The summed E-state index contributed by atoms with van der Waals surface area (Å²) in [4.78, 5) is 23.8. The molecule has 12 heteroatoms. The fourth-order valence-corrected chi connectivity index (χ4v) is 1.86. The first-order valence-corrected chi connectivity index (χ1v) is 6.64. The van der Waals surface area contributed by atoms with E-state index in [1.54, 1.807) is 0 Å². The third kappa shape index (κ3) is 5.53. The second-order valence-corrected chi connectivity index (χ2v) is 4.71. The van der Waals surface area contributed by atoms with Crippen molar-refractivity contribution in [2.24, 2.45) is 10.9 Å². The van der Waals surface area contributed by atoms with E-state index in [1.807, 2.05) is 0 Å². The summed E-state index contributed by atoms with van der Waals surface area (Å²) in [6, 6.07) is 0.179. The maximum absolute atomic E-state index is 10.6. The van der Waals surface area contributed by atoms with Gasteiger partial charge in [-0.1, -0.05) is 5.16 Å². The van der Waals surface area contributed by atoms with Crippen molar-refractivity contribution >= 4 is 23.8 Å². The van der Waals surface area contributed by atoms with E-state index in [9.17, 15) is 13.2 Å². The topological polar surface area (TPSA) is 140 Å². The molecule has 24 heavy (non-hydrogen) atoms. The average Bonchev–Trinajstić information content (AvgIpc) is 2.92. The third-order valence-electron chi connectivity index (χ3n) is 2.95. The smallest absolute Gasteiger partial charge is 0.475 e. The van der Waals surface area contributed by atoms with Gasteiger partial charge < -0.3 is 26.3 Å². The van der Waals surface area contributed by atoms with Crippen LogP contribution in [-0.4, -0.2) is 59.7 Å². The number of nitrogens with zero attached hydrogens (tertiary/aromatic N) is 4. The molecule has 1 aromatic rings. The normalized spacial score (nSPS) is 17.5. The highest BCUT2D eigenvalue weighted by atomic mass is 19.4. The highest BCUT2D eigenvalue weighted by Crippen LogP contribution is 2.23. The van der Waals surface area contributed by atoms with E-state index in [2.05, 4.69) is 24.9 Å². The average molecular weight is 350 g/mol. The van der Waals surface area contributed by atoms with Gasteiger partial charge in [-0.3, -0.25) is 0 Å². The molecule has 2 heterocycles. The highest BCUT2D eigenvalue weighted by Gasteiger charge is 2.38. The van der Waals surface area contributed by atoms with E-state index < -0.39 is 12.1 Å². The van der Waals surface area contributed by atoms with E-state index in [0.29, 0.717) is 11.4 Å². The predicted molar refractivity (Wildman–Crippen MR) is 79.5 cm³/mol. The van der Waals surface area contributed by atoms with Gasteiger partial charge in [0, 0.05) is 19.1 Å². The Morgan fingerprint density at radius 1 is 1.54 bits per heavy atom. The number of hydrogen-bond donors (Lipinski definition) is 3. The van der Waals surface area contributed by atoms with Crippen LogP contribution in [0.1, 0.15) is 12.0 Å². The number of rotatable bonds is 3. The first kappa shape index (κ1) is 19.4. The Morgan fingerprint density at radius 3 is 2.62 bits per heavy atom. The number of hydrogen-bond acceptors (Lipinski definition) is 8. The molecule has 1 aliphatic heterocycles. The molecule has 1 unspecified atom stereocenters. The number of aliphatic carboxylic acids is 1. The molecule has 0 amide bonds. The van der Waals surface area contributed by atoms with Gasteiger partial charge in [0.25, 0.3) is 0 Å². The fourth-order valence-electron chi connectivity index (χ4n) is 1.86. The van der Waals surface area contributed by atoms with Gasteiger partial charge in [0.1, 0.15) is 25.1 Å². The summed E-state index contributed by atoms with van der Waals surface area (Å²) in [6.45, 7) is 1.63. The molecule has 2 rings (SSSR count). The molecule has 134 valence electrons. The van der Waals surface area contributed by atoms with E-state index in [-0.39, 0.29) is 6.04 Å². The van der Waals surface area contributed by atoms with E-state index in [4.69, 9.17) is 21.4 Å². The summed E-state index contributed by atoms with van der Waals surface area (Å²) in [5, 5.41) is 10.8. The zero-order chi connectivity index (χ0) is 18.3. The fraction of sp³-hybridized carbons (Fsp3) is 0.500. The Hall–Kier alpha value is -2.63. The number of aromatic nitrogens is 2. The number of halogens is 3. The van der Waals surface area contributed by atoms with E-state index in [0.717, 1.165) is 25.3 Å². The molecule has 0 aliphatic carbocycles. The van der Waals surface area contributed by atoms with Gasteiger partial charge in [-0.2, -0.15) is 13.2 Å². The van der Waals surface area contributed by atoms with Crippen molar-refractivity contribution in [2.75, 3.05) is 30.8 Å². The van der Waals surface area contributed by atoms with Crippen LogP contribution in [0.15, 0.2) is 11.5 Å². The Bertz CT molecular complexity index is 596. The third-order valence-corrected chi connectivity index (χ3v) is 2.95. The molecule has 0 radical (unpaired) electrons. The van der Waals surface area contributed by atoms with Gasteiger partial charge >= 0.3 is 12.1 Å². The number of carboxylic acids is 1. The van der Waals surface area contributed by atoms with Gasteiger partial charge in [-0.25, -0.2) is 14.8 Å². The summed E-state index contributed by atoms with van der Waals surface area (Å²) in [6.07, 6.45) is -1.17. The van der Waals surface area contributed by atoms with E-state index >= 15 is 0 Å². The minimum atomic E-state index is -5.08. The molecule has 0 saturated carbocycles.